The van der Waals surface area contributed by atoms with Crippen LogP contribution in [0.2, 0.25) is 0 Å². The van der Waals surface area contributed by atoms with Crippen LogP contribution in [0.1, 0.15) is 70.2 Å². The van der Waals surface area contributed by atoms with Crippen molar-refractivity contribution in [2.24, 2.45) is 11.8 Å². The Morgan fingerprint density at radius 2 is 1.82 bits per heavy atom. The van der Waals surface area contributed by atoms with E-state index in [-0.39, 0.29) is 0 Å². The summed E-state index contributed by atoms with van der Waals surface area (Å²) < 4.78 is 5.04. The van der Waals surface area contributed by atoms with Crippen molar-refractivity contribution < 1.29 is 9.63 Å². The minimum atomic E-state index is -0.664. The number of aromatic nitrogens is 2. The molecule has 0 saturated heterocycles. The van der Waals surface area contributed by atoms with E-state index in [0.717, 1.165) is 30.5 Å². The first-order chi connectivity index (χ1) is 8.08. The molecule has 4 nitrogen and oxygen atoms in total. The maximum absolute atomic E-state index is 9.35. The number of aliphatic hydroxyl groups excluding tert-OH is 1. The van der Waals surface area contributed by atoms with Crippen molar-refractivity contribution in [2.45, 2.75) is 58.5 Å². The molecule has 1 aliphatic carbocycles. The first-order valence-corrected chi connectivity index (χ1v) is 6.59. The second kappa shape index (κ2) is 5.17. The van der Waals surface area contributed by atoms with Crippen molar-refractivity contribution in [1.82, 2.24) is 10.1 Å². The lowest BCUT2D eigenvalue weighted by Crippen LogP contribution is -2.18. The first kappa shape index (κ1) is 12.6. The fourth-order valence-electron chi connectivity index (χ4n) is 2.63. The molecule has 1 aromatic rings. The van der Waals surface area contributed by atoms with E-state index >= 15 is 0 Å². The third kappa shape index (κ3) is 2.86. The van der Waals surface area contributed by atoms with E-state index in [4.69, 9.17) is 4.52 Å². The lowest BCUT2D eigenvalue weighted by molar-refractivity contribution is 0.151. The number of hydrogen-bond donors (Lipinski definition) is 1. The van der Waals surface area contributed by atoms with Gasteiger partial charge in [-0.3, -0.25) is 0 Å². The van der Waals surface area contributed by atoms with Gasteiger partial charge < -0.3 is 9.63 Å². The van der Waals surface area contributed by atoms with E-state index < -0.39 is 6.10 Å². The summed E-state index contributed by atoms with van der Waals surface area (Å²) in [5, 5.41) is 13.3. The van der Waals surface area contributed by atoms with Crippen LogP contribution in [0.25, 0.3) is 0 Å². The van der Waals surface area contributed by atoms with Crippen LogP contribution in [0.5, 0.6) is 0 Å². The summed E-state index contributed by atoms with van der Waals surface area (Å²) in [7, 11) is 0. The van der Waals surface area contributed by atoms with E-state index in [1.165, 1.54) is 12.8 Å². The quantitative estimate of drug-likeness (QED) is 0.879. The molecule has 1 saturated carbocycles. The van der Waals surface area contributed by atoms with Gasteiger partial charge in [0.05, 0.1) is 0 Å². The van der Waals surface area contributed by atoms with Gasteiger partial charge in [-0.2, -0.15) is 4.98 Å². The molecule has 96 valence electrons. The molecule has 17 heavy (non-hydrogen) atoms. The smallest absolute Gasteiger partial charge is 0.255 e. The highest BCUT2D eigenvalue weighted by Crippen LogP contribution is 2.37. The Morgan fingerprint density at radius 3 is 2.29 bits per heavy atom. The van der Waals surface area contributed by atoms with Crippen molar-refractivity contribution in [3.05, 3.63) is 11.7 Å². The molecule has 1 N–H and O–H groups in total. The molecule has 0 amide bonds. The summed E-state index contributed by atoms with van der Waals surface area (Å²) in [6, 6.07) is 0. The maximum atomic E-state index is 9.35. The summed E-state index contributed by atoms with van der Waals surface area (Å²) in [4.78, 5) is 4.28. The van der Waals surface area contributed by atoms with Gasteiger partial charge in [0.2, 0.25) is 0 Å². The maximum Gasteiger partial charge on any atom is 0.255 e. The molecular weight excluding hydrogens is 216 g/mol. The van der Waals surface area contributed by atoms with Crippen LogP contribution in [-0.2, 0) is 0 Å². The van der Waals surface area contributed by atoms with Crippen LogP contribution in [-0.4, -0.2) is 15.2 Å². The molecule has 1 atom stereocenters. The topological polar surface area (TPSA) is 59.2 Å². The molecule has 0 spiro atoms. The Hall–Kier alpha value is -0.900. The highest BCUT2D eigenvalue weighted by molar-refractivity contribution is 4.98. The average Bonchev–Trinajstić information content (AvgIpc) is 2.78. The van der Waals surface area contributed by atoms with Crippen molar-refractivity contribution >= 4 is 0 Å². The van der Waals surface area contributed by atoms with Gasteiger partial charge in [0.25, 0.3) is 5.89 Å². The molecule has 1 heterocycles. The van der Waals surface area contributed by atoms with E-state index in [1.54, 1.807) is 6.92 Å². The Labute approximate surface area is 102 Å². The van der Waals surface area contributed by atoms with Gasteiger partial charge in [0.1, 0.15) is 6.10 Å². The van der Waals surface area contributed by atoms with Gasteiger partial charge in [-0.25, -0.2) is 0 Å². The molecule has 0 aliphatic heterocycles. The lowest BCUT2D eigenvalue weighted by Gasteiger charge is -2.29. The van der Waals surface area contributed by atoms with Crippen LogP contribution in [0, 0.1) is 11.8 Å². The molecule has 4 heteroatoms. The third-order valence-corrected chi connectivity index (χ3v) is 3.89. The molecule has 1 unspecified atom stereocenters. The molecule has 1 fully saturated rings. The van der Waals surface area contributed by atoms with Crippen molar-refractivity contribution in [3.63, 3.8) is 0 Å². The van der Waals surface area contributed by atoms with Crippen LogP contribution in [0.4, 0.5) is 0 Å². The van der Waals surface area contributed by atoms with Crippen LogP contribution in [0.3, 0.4) is 0 Å². The van der Waals surface area contributed by atoms with Crippen LogP contribution >= 0.6 is 0 Å². The monoisotopic (exact) mass is 238 g/mol. The largest absolute Gasteiger partial charge is 0.384 e. The van der Waals surface area contributed by atoms with Crippen molar-refractivity contribution in [2.75, 3.05) is 0 Å². The number of hydrogen-bond acceptors (Lipinski definition) is 4. The predicted octanol–water partition coefficient (Wildman–Crippen LogP) is 3.05. The Kier molecular flexibility index (Phi) is 3.82. The summed E-state index contributed by atoms with van der Waals surface area (Å²) in [6.45, 7) is 6.24. The van der Waals surface area contributed by atoms with E-state index in [9.17, 15) is 5.11 Å². The summed E-state index contributed by atoms with van der Waals surface area (Å²) in [5.41, 5.74) is 0. The van der Waals surface area contributed by atoms with Gasteiger partial charge in [-0.1, -0.05) is 19.0 Å². The zero-order valence-corrected chi connectivity index (χ0v) is 10.9. The molecular formula is C13H22N2O2. The fraction of sp³-hybridized carbons (Fsp3) is 0.846. The molecule has 2 rings (SSSR count). The SMILES string of the molecule is CC(O)c1nc(C2CCC(C(C)C)CC2)no1. The van der Waals surface area contributed by atoms with E-state index in [1.807, 2.05) is 0 Å². The Balaban J connectivity index is 1.96. The molecule has 0 bridgehead atoms. The number of nitrogens with zero attached hydrogens (tertiary/aromatic N) is 2. The summed E-state index contributed by atoms with van der Waals surface area (Å²) in [5.74, 6) is 3.15. The van der Waals surface area contributed by atoms with Crippen molar-refractivity contribution in [1.29, 1.82) is 0 Å². The summed E-state index contributed by atoms with van der Waals surface area (Å²) in [6.07, 6.45) is 4.12. The Morgan fingerprint density at radius 1 is 1.18 bits per heavy atom. The fourth-order valence-corrected chi connectivity index (χ4v) is 2.63. The van der Waals surface area contributed by atoms with Gasteiger partial charge in [-0.15, -0.1) is 0 Å². The molecule has 0 radical (unpaired) electrons. The third-order valence-electron chi connectivity index (χ3n) is 3.89. The summed E-state index contributed by atoms with van der Waals surface area (Å²) >= 11 is 0. The Bertz CT molecular complexity index is 352. The normalized spacial score (nSPS) is 27.4. The number of rotatable bonds is 3. The standard InChI is InChI=1S/C13H22N2O2/c1-8(2)10-4-6-11(7-5-10)12-14-13(9(3)16)17-15-12/h8-11,16H,4-7H2,1-3H3. The van der Waals surface area contributed by atoms with Gasteiger partial charge >= 0.3 is 0 Å². The van der Waals surface area contributed by atoms with Crippen LogP contribution < -0.4 is 0 Å². The minimum absolute atomic E-state index is 0.339. The molecule has 0 aromatic carbocycles. The molecule has 1 aliphatic rings. The first-order valence-electron chi connectivity index (χ1n) is 6.59. The lowest BCUT2D eigenvalue weighted by atomic mass is 9.77. The van der Waals surface area contributed by atoms with Crippen molar-refractivity contribution in [3.8, 4) is 0 Å². The second-order valence-corrected chi connectivity index (χ2v) is 5.52. The van der Waals surface area contributed by atoms with E-state index in [0.29, 0.717) is 11.8 Å². The van der Waals surface area contributed by atoms with Crippen LogP contribution in [0.15, 0.2) is 4.52 Å². The minimum Gasteiger partial charge on any atom is -0.384 e. The molecule has 1 aromatic heterocycles. The van der Waals surface area contributed by atoms with E-state index in [2.05, 4.69) is 24.0 Å². The zero-order chi connectivity index (χ0) is 12.4. The highest BCUT2D eigenvalue weighted by Gasteiger charge is 2.27. The van der Waals surface area contributed by atoms with Gasteiger partial charge in [0, 0.05) is 5.92 Å². The zero-order valence-electron chi connectivity index (χ0n) is 10.9. The van der Waals surface area contributed by atoms with Gasteiger partial charge in [0.15, 0.2) is 5.82 Å². The predicted molar refractivity (Wildman–Crippen MR) is 64.5 cm³/mol. The van der Waals surface area contributed by atoms with Gasteiger partial charge in [-0.05, 0) is 44.4 Å². The highest BCUT2D eigenvalue weighted by atomic mass is 16.5. The number of aliphatic hydroxyl groups is 1. The second-order valence-electron chi connectivity index (χ2n) is 5.52. The average molecular weight is 238 g/mol.